The van der Waals surface area contributed by atoms with E-state index in [0.717, 1.165) is 6.42 Å². The van der Waals surface area contributed by atoms with Gasteiger partial charge in [0.15, 0.2) is 5.78 Å². The molecule has 0 bridgehead atoms. The van der Waals surface area contributed by atoms with Crippen molar-refractivity contribution in [2.45, 2.75) is 115 Å². The molecule has 1 aliphatic rings. The van der Waals surface area contributed by atoms with Gasteiger partial charge >= 0.3 is 0 Å². The molecule has 0 aliphatic heterocycles. The van der Waals surface area contributed by atoms with Crippen LogP contribution in [0, 0.1) is 5.92 Å². The topological polar surface area (TPSA) is 17.1 Å². The minimum absolute atomic E-state index is 0.169. The van der Waals surface area contributed by atoms with Crippen LogP contribution in [0.5, 0.6) is 0 Å². The smallest absolute Gasteiger partial charge is 0.150 e. The first-order chi connectivity index (χ1) is 10.8. The fraction of sp³-hybridized carbons (Fsp3) is 0.950. The van der Waals surface area contributed by atoms with Gasteiger partial charge in [-0.15, -0.1) is 11.6 Å². The molecule has 0 aromatic rings. The maximum atomic E-state index is 11.8. The van der Waals surface area contributed by atoms with Crippen LogP contribution in [0.4, 0.5) is 0 Å². The zero-order chi connectivity index (χ0) is 16.0. The molecule has 0 N–H and O–H groups in total. The van der Waals surface area contributed by atoms with E-state index in [1.54, 1.807) is 0 Å². The average molecular weight is 329 g/mol. The highest BCUT2D eigenvalue weighted by molar-refractivity contribution is 6.31. The van der Waals surface area contributed by atoms with Gasteiger partial charge in [-0.3, -0.25) is 4.79 Å². The molecule has 1 nitrogen and oxygen atoms in total. The second kappa shape index (κ2) is 13.4. The van der Waals surface area contributed by atoms with Crippen LogP contribution in [0.3, 0.4) is 0 Å². The Morgan fingerprint density at radius 2 is 1.23 bits per heavy atom. The molecule has 1 aliphatic carbocycles. The van der Waals surface area contributed by atoms with Gasteiger partial charge < -0.3 is 0 Å². The minimum Gasteiger partial charge on any atom is -0.298 e. The molecule has 1 saturated carbocycles. The summed E-state index contributed by atoms with van der Waals surface area (Å²) in [5, 5.41) is -0.169. The number of Topliss-reactive ketones (excluding diaryl/α,β-unsaturated/α-hetero) is 1. The third-order valence-electron chi connectivity index (χ3n) is 4.87. The van der Waals surface area contributed by atoms with Crippen molar-refractivity contribution in [2.75, 3.05) is 0 Å². The largest absolute Gasteiger partial charge is 0.298 e. The average Bonchev–Trinajstić information content (AvgIpc) is 3.35. The number of halogens is 1. The lowest BCUT2D eigenvalue weighted by molar-refractivity contribution is -0.119. The zero-order valence-corrected chi connectivity index (χ0v) is 15.5. The van der Waals surface area contributed by atoms with Gasteiger partial charge in [0.1, 0.15) is 0 Å². The lowest BCUT2D eigenvalue weighted by atomic mass is 10.0. The summed E-state index contributed by atoms with van der Waals surface area (Å²) in [4.78, 5) is 11.8. The molecule has 0 amide bonds. The first kappa shape index (κ1) is 20.0. The Hall–Kier alpha value is -0.0400. The quantitative estimate of drug-likeness (QED) is 0.219. The Bertz CT molecular complexity index is 273. The Labute approximate surface area is 143 Å². The lowest BCUT2D eigenvalue weighted by Crippen LogP contribution is -2.16. The van der Waals surface area contributed by atoms with Crippen LogP contribution in [0.1, 0.15) is 110 Å². The molecule has 1 rings (SSSR count). The summed E-state index contributed by atoms with van der Waals surface area (Å²) in [5.74, 6) is 0.809. The molecule has 1 fully saturated rings. The van der Waals surface area contributed by atoms with Gasteiger partial charge in [-0.25, -0.2) is 0 Å². The van der Waals surface area contributed by atoms with Crippen molar-refractivity contribution >= 4 is 17.4 Å². The van der Waals surface area contributed by atoms with Crippen LogP contribution in [0.25, 0.3) is 0 Å². The normalized spacial score (nSPS) is 15.9. The summed E-state index contributed by atoms with van der Waals surface area (Å²) in [6, 6.07) is 0. The monoisotopic (exact) mass is 328 g/mol. The number of hydrogen-bond acceptors (Lipinski definition) is 1. The van der Waals surface area contributed by atoms with Gasteiger partial charge in [-0.2, -0.15) is 0 Å². The highest BCUT2D eigenvalue weighted by Gasteiger charge is 2.33. The van der Waals surface area contributed by atoms with Gasteiger partial charge in [0, 0.05) is 6.42 Å². The molecule has 0 spiro atoms. The molecule has 0 heterocycles. The van der Waals surface area contributed by atoms with Crippen molar-refractivity contribution < 1.29 is 4.79 Å². The third kappa shape index (κ3) is 10.6. The molecule has 1 atom stereocenters. The molecule has 2 heteroatoms. The number of carbonyl (C=O) groups is 1. The van der Waals surface area contributed by atoms with Gasteiger partial charge in [0.25, 0.3) is 0 Å². The number of alkyl halides is 1. The highest BCUT2D eigenvalue weighted by atomic mass is 35.5. The van der Waals surface area contributed by atoms with Gasteiger partial charge in [-0.05, 0) is 25.2 Å². The van der Waals surface area contributed by atoms with Gasteiger partial charge in [0.05, 0.1) is 5.38 Å². The standard InChI is InChI=1S/C20H37ClO/c1-2-3-4-5-6-7-8-9-10-11-12-13-14-15-19(22)20(21)18-16-17-18/h18,20H,2-17H2,1H3. The maximum Gasteiger partial charge on any atom is 0.150 e. The number of hydrogen-bond donors (Lipinski definition) is 0. The van der Waals surface area contributed by atoms with Crippen LogP contribution < -0.4 is 0 Å². The molecular formula is C20H37ClO. The van der Waals surface area contributed by atoms with Crippen LogP contribution >= 0.6 is 11.6 Å². The summed E-state index contributed by atoms with van der Waals surface area (Å²) in [6.45, 7) is 2.27. The van der Waals surface area contributed by atoms with Gasteiger partial charge in [0.2, 0.25) is 0 Å². The predicted molar refractivity (Wildman–Crippen MR) is 97.7 cm³/mol. The van der Waals surface area contributed by atoms with E-state index in [0.29, 0.717) is 18.1 Å². The predicted octanol–water partition coefficient (Wildman–Crippen LogP) is 7.05. The highest BCUT2D eigenvalue weighted by Crippen LogP contribution is 2.36. The van der Waals surface area contributed by atoms with Crippen molar-refractivity contribution in [1.82, 2.24) is 0 Å². The SMILES string of the molecule is CCCCCCCCCCCCCCCC(=O)C(Cl)C1CC1. The van der Waals surface area contributed by atoms with Crippen molar-refractivity contribution in [3.05, 3.63) is 0 Å². The van der Waals surface area contributed by atoms with Crippen LogP contribution in [-0.2, 0) is 4.79 Å². The molecule has 1 unspecified atom stereocenters. The van der Waals surface area contributed by atoms with Crippen molar-refractivity contribution in [3.8, 4) is 0 Å². The lowest BCUT2D eigenvalue weighted by Gasteiger charge is -2.06. The molecule has 0 aromatic carbocycles. The van der Waals surface area contributed by atoms with Crippen LogP contribution in [0.2, 0.25) is 0 Å². The first-order valence-electron chi connectivity index (χ1n) is 9.92. The van der Waals surface area contributed by atoms with E-state index < -0.39 is 0 Å². The fourth-order valence-electron chi connectivity index (χ4n) is 3.11. The second-order valence-corrected chi connectivity index (χ2v) is 7.67. The zero-order valence-electron chi connectivity index (χ0n) is 14.8. The molecule has 130 valence electrons. The molecule has 0 saturated heterocycles. The van der Waals surface area contributed by atoms with Crippen LogP contribution in [0.15, 0.2) is 0 Å². The minimum atomic E-state index is -0.169. The van der Waals surface area contributed by atoms with E-state index in [9.17, 15) is 4.79 Å². The summed E-state index contributed by atoms with van der Waals surface area (Å²) >= 11 is 6.13. The van der Waals surface area contributed by atoms with Crippen molar-refractivity contribution in [2.24, 2.45) is 5.92 Å². The molecular weight excluding hydrogens is 292 g/mol. The van der Waals surface area contributed by atoms with E-state index in [-0.39, 0.29) is 5.38 Å². The Morgan fingerprint density at radius 3 is 1.64 bits per heavy atom. The van der Waals surface area contributed by atoms with E-state index >= 15 is 0 Å². The fourth-order valence-corrected chi connectivity index (χ4v) is 3.47. The van der Waals surface area contributed by atoms with E-state index in [1.165, 1.54) is 89.9 Å². The molecule has 22 heavy (non-hydrogen) atoms. The molecule has 0 aromatic heterocycles. The Balaban J connectivity index is 1.73. The molecule has 0 radical (unpaired) electrons. The number of carbonyl (C=O) groups excluding carboxylic acids is 1. The van der Waals surface area contributed by atoms with Crippen LogP contribution in [-0.4, -0.2) is 11.2 Å². The summed E-state index contributed by atoms with van der Waals surface area (Å²) in [6.07, 6.45) is 20.6. The Kier molecular flexibility index (Phi) is 12.2. The third-order valence-corrected chi connectivity index (χ3v) is 5.47. The van der Waals surface area contributed by atoms with Crippen molar-refractivity contribution in [3.63, 3.8) is 0 Å². The van der Waals surface area contributed by atoms with Gasteiger partial charge in [-0.1, -0.05) is 84.0 Å². The van der Waals surface area contributed by atoms with E-state index in [1.807, 2.05) is 0 Å². The Morgan fingerprint density at radius 1 is 0.818 bits per heavy atom. The number of rotatable bonds is 16. The maximum absolute atomic E-state index is 11.8. The van der Waals surface area contributed by atoms with E-state index in [2.05, 4.69) is 6.92 Å². The number of unbranched alkanes of at least 4 members (excludes halogenated alkanes) is 12. The van der Waals surface area contributed by atoms with Crippen molar-refractivity contribution in [1.29, 1.82) is 0 Å². The van der Waals surface area contributed by atoms with E-state index in [4.69, 9.17) is 11.6 Å². The summed E-state index contributed by atoms with van der Waals surface area (Å²) in [7, 11) is 0. The first-order valence-corrected chi connectivity index (χ1v) is 10.4. The summed E-state index contributed by atoms with van der Waals surface area (Å²) < 4.78 is 0. The second-order valence-electron chi connectivity index (χ2n) is 7.20. The number of ketones is 1. The summed E-state index contributed by atoms with van der Waals surface area (Å²) in [5.41, 5.74) is 0.